The maximum absolute atomic E-state index is 14.1. The largest absolute Gasteiger partial charge is 0.462 e. The molecule has 2 rings (SSSR count). The molecule has 6 nitrogen and oxygen atoms in total. The summed E-state index contributed by atoms with van der Waals surface area (Å²) in [5.74, 6) is -9.03. The van der Waals surface area contributed by atoms with Crippen molar-refractivity contribution >= 4 is 18.0 Å². The average molecular weight is 355 g/mol. The summed E-state index contributed by atoms with van der Waals surface area (Å²) in [4.78, 5) is 36.4. The van der Waals surface area contributed by atoms with Crippen LogP contribution >= 0.6 is 0 Å². The first-order valence-corrected chi connectivity index (χ1v) is 7.87. The summed E-state index contributed by atoms with van der Waals surface area (Å²) in [7, 11) is 0. The summed E-state index contributed by atoms with van der Waals surface area (Å²) < 4.78 is 37.4. The van der Waals surface area contributed by atoms with Gasteiger partial charge in [-0.15, -0.1) is 0 Å². The minimum absolute atomic E-state index is 0.0861. The molecular formula is C17H19F2NO5. The molecule has 0 N–H and O–H groups in total. The molecule has 1 aromatic rings. The van der Waals surface area contributed by atoms with Crippen LogP contribution in [-0.4, -0.2) is 48.0 Å². The number of hydrogen-bond donors (Lipinski definition) is 0. The van der Waals surface area contributed by atoms with Crippen molar-refractivity contribution in [3.05, 3.63) is 35.9 Å². The predicted molar refractivity (Wildman–Crippen MR) is 82.9 cm³/mol. The van der Waals surface area contributed by atoms with Crippen LogP contribution in [0.4, 0.5) is 13.6 Å². The topological polar surface area (TPSA) is 72.9 Å². The number of alkyl halides is 2. The van der Waals surface area contributed by atoms with E-state index in [2.05, 4.69) is 4.74 Å². The number of cyclic esters (lactones) is 1. The van der Waals surface area contributed by atoms with Gasteiger partial charge < -0.3 is 9.47 Å². The third kappa shape index (κ3) is 3.94. The van der Waals surface area contributed by atoms with Crippen molar-refractivity contribution in [1.82, 2.24) is 4.90 Å². The zero-order valence-electron chi connectivity index (χ0n) is 13.9. The molecule has 1 fully saturated rings. The number of rotatable bonds is 6. The predicted octanol–water partition coefficient (Wildman–Crippen LogP) is 2.41. The Hall–Kier alpha value is -2.51. The van der Waals surface area contributed by atoms with Crippen LogP contribution in [0.15, 0.2) is 30.3 Å². The molecule has 1 aliphatic heterocycles. The van der Waals surface area contributed by atoms with Gasteiger partial charge in [0.05, 0.1) is 12.6 Å². The standard InChI is InChI=1S/C17H19F2NO5/c1-3-24-15(22)17(18,19)11(2)14(21)20-13(10-25-16(20)23)9-12-7-5-4-6-8-12/h4-8,11,13H,3,9-10H2,1-2H3/t11-,13-/m0/s1. The molecule has 136 valence electrons. The van der Waals surface area contributed by atoms with Crippen LogP contribution in [0.1, 0.15) is 19.4 Å². The molecule has 0 radical (unpaired) electrons. The lowest BCUT2D eigenvalue weighted by Gasteiger charge is -2.26. The lowest BCUT2D eigenvalue weighted by molar-refractivity contribution is -0.183. The van der Waals surface area contributed by atoms with E-state index in [0.717, 1.165) is 12.5 Å². The third-order valence-corrected chi connectivity index (χ3v) is 3.97. The van der Waals surface area contributed by atoms with E-state index in [-0.39, 0.29) is 19.6 Å². The summed E-state index contributed by atoms with van der Waals surface area (Å²) in [5.41, 5.74) is 0.827. The van der Waals surface area contributed by atoms with E-state index in [1.807, 2.05) is 6.07 Å². The van der Waals surface area contributed by atoms with Crippen molar-refractivity contribution in [3.8, 4) is 0 Å². The number of benzene rings is 1. The smallest absolute Gasteiger partial charge is 0.416 e. The van der Waals surface area contributed by atoms with Gasteiger partial charge in [-0.2, -0.15) is 8.78 Å². The van der Waals surface area contributed by atoms with Gasteiger partial charge in [-0.25, -0.2) is 14.5 Å². The molecular weight excluding hydrogens is 336 g/mol. The van der Waals surface area contributed by atoms with Gasteiger partial charge in [-0.3, -0.25) is 4.79 Å². The molecule has 0 saturated carbocycles. The molecule has 2 amide bonds. The molecule has 1 heterocycles. The van der Waals surface area contributed by atoms with E-state index in [1.54, 1.807) is 24.3 Å². The quantitative estimate of drug-likeness (QED) is 0.733. The van der Waals surface area contributed by atoms with Gasteiger partial charge >= 0.3 is 18.0 Å². The second-order valence-corrected chi connectivity index (χ2v) is 5.69. The fourth-order valence-corrected chi connectivity index (χ4v) is 2.53. The molecule has 0 aliphatic carbocycles. The van der Waals surface area contributed by atoms with Gasteiger partial charge in [-0.1, -0.05) is 30.3 Å². The second kappa shape index (κ2) is 7.58. The van der Waals surface area contributed by atoms with E-state index in [1.165, 1.54) is 6.92 Å². The molecule has 25 heavy (non-hydrogen) atoms. The first kappa shape index (κ1) is 18.8. The van der Waals surface area contributed by atoms with Crippen molar-refractivity contribution in [2.24, 2.45) is 5.92 Å². The Morgan fingerprint density at radius 2 is 2.00 bits per heavy atom. The minimum Gasteiger partial charge on any atom is -0.462 e. The molecule has 8 heteroatoms. The van der Waals surface area contributed by atoms with Crippen LogP contribution in [0.5, 0.6) is 0 Å². The van der Waals surface area contributed by atoms with Crippen LogP contribution < -0.4 is 0 Å². The Bertz CT molecular complexity index is 650. The maximum atomic E-state index is 14.1. The highest BCUT2D eigenvalue weighted by molar-refractivity contribution is 5.97. The highest BCUT2D eigenvalue weighted by Gasteiger charge is 2.53. The first-order chi connectivity index (χ1) is 11.8. The molecule has 1 aromatic carbocycles. The normalized spacial score (nSPS) is 18.6. The van der Waals surface area contributed by atoms with E-state index in [9.17, 15) is 23.2 Å². The fourth-order valence-electron chi connectivity index (χ4n) is 2.53. The molecule has 1 aliphatic rings. The highest BCUT2D eigenvalue weighted by Crippen LogP contribution is 2.30. The Morgan fingerprint density at radius 3 is 2.60 bits per heavy atom. The third-order valence-electron chi connectivity index (χ3n) is 3.97. The molecule has 2 atom stereocenters. The van der Waals surface area contributed by atoms with Gasteiger partial charge in [-0.05, 0) is 25.8 Å². The van der Waals surface area contributed by atoms with Crippen LogP contribution in [0.2, 0.25) is 0 Å². The van der Waals surface area contributed by atoms with Crippen molar-refractivity contribution in [3.63, 3.8) is 0 Å². The molecule has 0 spiro atoms. The number of halogens is 2. The molecule has 0 bridgehead atoms. The SMILES string of the molecule is CCOC(=O)C(F)(F)[C@@H](C)C(=O)N1C(=O)OC[C@@H]1Cc1ccccc1. The summed E-state index contributed by atoms with van der Waals surface area (Å²) in [6, 6.07) is 8.27. The number of esters is 1. The molecule has 0 aromatic heterocycles. The Morgan fingerprint density at radius 1 is 1.36 bits per heavy atom. The summed E-state index contributed by atoms with van der Waals surface area (Å²) in [6.45, 7) is 1.95. The van der Waals surface area contributed by atoms with E-state index >= 15 is 0 Å². The fraction of sp³-hybridized carbons (Fsp3) is 0.471. The maximum Gasteiger partial charge on any atom is 0.416 e. The second-order valence-electron chi connectivity index (χ2n) is 5.69. The number of nitrogens with zero attached hydrogens (tertiary/aromatic N) is 1. The minimum atomic E-state index is -4.03. The van der Waals surface area contributed by atoms with Gasteiger partial charge in [0.2, 0.25) is 5.91 Å². The average Bonchev–Trinajstić information content (AvgIpc) is 2.95. The number of carbonyl (C=O) groups excluding carboxylic acids is 3. The van der Waals surface area contributed by atoms with E-state index in [4.69, 9.17) is 4.74 Å². The van der Waals surface area contributed by atoms with Crippen molar-refractivity contribution in [2.75, 3.05) is 13.2 Å². The van der Waals surface area contributed by atoms with E-state index < -0.39 is 35.9 Å². The number of carbonyl (C=O) groups is 3. The Labute approximate surface area is 143 Å². The van der Waals surface area contributed by atoms with Crippen molar-refractivity contribution in [1.29, 1.82) is 0 Å². The van der Waals surface area contributed by atoms with Gasteiger partial charge in [0.25, 0.3) is 0 Å². The number of amides is 2. The summed E-state index contributed by atoms with van der Waals surface area (Å²) in [5, 5.41) is 0. The number of hydrogen-bond acceptors (Lipinski definition) is 5. The molecule has 0 unspecified atom stereocenters. The zero-order valence-corrected chi connectivity index (χ0v) is 13.9. The number of imide groups is 1. The number of ether oxygens (including phenoxy) is 2. The molecule has 1 saturated heterocycles. The lowest BCUT2D eigenvalue weighted by atomic mass is 9.99. The van der Waals surface area contributed by atoms with Gasteiger partial charge in [0.1, 0.15) is 12.5 Å². The monoisotopic (exact) mass is 355 g/mol. The highest BCUT2D eigenvalue weighted by atomic mass is 19.3. The summed E-state index contributed by atoms with van der Waals surface area (Å²) >= 11 is 0. The Balaban J connectivity index is 2.17. The Kier molecular flexibility index (Phi) is 5.71. The van der Waals surface area contributed by atoms with Crippen molar-refractivity contribution < 1.29 is 32.6 Å². The van der Waals surface area contributed by atoms with Gasteiger partial charge in [0.15, 0.2) is 0 Å². The zero-order chi connectivity index (χ0) is 18.6. The van der Waals surface area contributed by atoms with E-state index in [0.29, 0.717) is 4.90 Å². The van der Waals surface area contributed by atoms with Crippen LogP contribution in [0, 0.1) is 5.92 Å². The lowest BCUT2D eigenvalue weighted by Crippen LogP contribution is -2.50. The van der Waals surface area contributed by atoms with Crippen LogP contribution in [-0.2, 0) is 25.5 Å². The first-order valence-electron chi connectivity index (χ1n) is 7.87. The van der Waals surface area contributed by atoms with Gasteiger partial charge in [0, 0.05) is 0 Å². The van der Waals surface area contributed by atoms with Crippen LogP contribution in [0.3, 0.4) is 0 Å². The van der Waals surface area contributed by atoms with Crippen LogP contribution in [0.25, 0.3) is 0 Å². The van der Waals surface area contributed by atoms with Crippen molar-refractivity contribution in [2.45, 2.75) is 32.2 Å². The summed E-state index contributed by atoms with van der Waals surface area (Å²) in [6.07, 6.45) is -0.715.